The highest BCUT2D eigenvalue weighted by Gasteiger charge is 2.74. The molecular weight excluding hydrogens is 484 g/mol. The molecule has 0 spiro atoms. The van der Waals surface area contributed by atoms with Crippen LogP contribution in [0.2, 0.25) is 0 Å². The molecule has 0 amide bonds. The summed E-state index contributed by atoms with van der Waals surface area (Å²) in [5.41, 5.74) is 2.92. The summed E-state index contributed by atoms with van der Waals surface area (Å²) >= 11 is 0. The molecule has 0 heterocycles. The summed E-state index contributed by atoms with van der Waals surface area (Å²) in [5.74, 6) is 1.29. The zero-order chi connectivity index (χ0) is 28.8. The minimum Gasteiger partial charge on any atom is -0.481 e. The van der Waals surface area contributed by atoms with Crippen molar-refractivity contribution >= 4 is 11.9 Å². The number of esters is 1. The fourth-order valence-electron chi connectivity index (χ4n) is 12.8. The summed E-state index contributed by atoms with van der Waals surface area (Å²) in [6, 6.07) is 0. The van der Waals surface area contributed by atoms with E-state index in [9.17, 15) is 9.59 Å². The monoisotopic (exact) mass is 540 g/mol. The molecule has 5 saturated carbocycles. The highest BCUT2D eigenvalue weighted by atomic mass is 16.5. The van der Waals surface area contributed by atoms with Gasteiger partial charge in [0.1, 0.15) is 6.10 Å². The molecule has 5 rings (SSSR count). The summed E-state index contributed by atoms with van der Waals surface area (Å²) in [7, 11) is 0. The second-order valence-corrected chi connectivity index (χ2v) is 16.7. The van der Waals surface area contributed by atoms with Crippen molar-refractivity contribution in [3.05, 3.63) is 12.2 Å². The van der Waals surface area contributed by atoms with Crippen molar-refractivity contribution in [3.63, 3.8) is 0 Å². The lowest BCUT2D eigenvalue weighted by Gasteiger charge is -2.76. The molecule has 39 heavy (non-hydrogen) atoms. The zero-order valence-corrected chi connectivity index (χ0v) is 26.3. The van der Waals surface area contributed by atoms with Crippen molar-refractivity contribution < 1.29 is 19.4 Å². The first kappa shape index (κ1) is 29.2. The van der Waals surface area contributed by atoms with Crippen LogP contribution in [0.5, 0.6) is 0 Å². The first-order chi connectivity index (χ1) is 18.0. The van der Waals surface area contributed by atoms with E-state index < -0.39 is 5.97 Å². The molecule has 4 heteroatoms. The Hall–Kier alpha value is -1.32. The number of ether oxygens (including phenoxy) is 1. The molecule has 0 radical (unpaired) electrons. The maximum Gasteiger partial charge on any atom is 0.306 e. The van der Waals surface area contributed by atoms with Crippen LogP contribution >= 0.6 is 0 Å². The molecule has 0 saturated heterocycles. The van der Waals surface area contributed by atoms with Gasteiger partial charge in [0.25, 0.3) is 0 Å². The summed E-state index contributed by atoms with van der Waals surface area (Å²) in [6.07, 6.45) is 12.1. The van der Waals surface area contributed by atoms with Crippen LogP contribution < -0.4 is 0 Å². The van der Waals surface area contributed by atoms with E-state index in [4.69, 9.17) is 9.84 Å². The van der Waals surface area contributed by atoms with E-state index in [1.165, 1.54) is 56.9 Å². The number of carbonyl (C=O) groups excluding carboxylic acids is 1. The van der Waals surface area contributed by atoms with Crippen molar-refractivity contribution in [1.82, 2.24) is 0 Å². The van der Waals surface area contributed by atoms with E-state index in [1.54, 1.807) is 0 Å². The van der Waals surface area contributed by atoms with Crippen LogP contribution in [-0.4, -0.2) is 23.1 Å². The summed E-state index contributed by atoms with van der Waals surface area (Å²) in [5, 5.41) is 9.01. The topological polar surface area (TPSA) is 63.6 Å². The van der Waals surface area contributed by atoms with Gasteiger partial charge in [-0.3, -0.25) is 9.59 Å². The predicted molar refractivity (Wildman–Crippen MR) is 156 cm³/mol. The second-order valence-electron chi connectivity index (χ2n) is 16.7. The van der Waals surface area contributed by atoms with Crippen molar-refractivity contribution in [2.75, 3.05) is 0 Å². The molecule has 4 nitrogen and oxygen atoms in total. The lowest BCUT2D eigenvalue weighted by atomic mass is 9.29. The zero-order valence-electron chi connectivity index (χ0n) is 26.3. The number of carboxylic acids is 1. The van der Waals surface area contributed by atoms with E-state index in [0.717, 1.165) is 18.8 Å². The minimum absolute atomic E-state index is 0.0350. The van der Waals surface area contributed by atoms with Crippen molar-refractivity contribution in [3.8, 4) is 0 Å². The smallest absolute Gasteiger partial charge is 0.306 e. The van der Waals surface area contributed by atoms with Gasteiger partial charge in [-0.05, 0) is 122 Å². The largest absolute Gasteiger partial charge is 0.481 e. The third-order valence-corrected chi connectivity index (χ3v) is 15.0. The number of aliphatic carboxylic acids is 1. The maximum atomic E-state index is 12.6. The van der Waals surface area contributed by atoms with E-state index in [-0.39, 0.29) is 35.7 Å². The molecule has 0 aromatic rings. The SMILES string of the molecule is C=C(C)[C@@H]1CC[C@]2(C)CC[C@@]3(C)[C@]4(C)CC[C@H]5C(C)(C)[C@@H](OC(=O)CCC(=O)O)CC[C@]5(C)[C@H]4CC[C@]3(C)[C@@H]12. The molecule has 10 atom stereocenters. The van der Waals surface area contributed by atoms with Crippen LogP contribution in [0.25, 0.3) is 0 Å². The second kappa shape index (κ2) is 9.09. The molecule has 1 N–H and O–H groups in total. The maximum absolute atomic E-state index is 12.6. The molecule has 5 fully saturated rings. The summed E-state index contributed by atoms with van der Waals surface area (Å²) < 4.78 is 6.02. The summed E-state index contributed by atoms with van der Waals surface area (Å²) in [6.45, 7) is 24.7. The normalized spacial score (nSPS) is 50.1. The number of hydrogen-bond acceptors (Lipinski definition) is 3. The van der Waals surface area contributed by atoms with Crippen molar-refractivity contribution in [2.24, 2.45) is 56.2 Å². The van der Waals surface area contributed by atoms with Crippen LogP contribution in [0.1, 0.15) is 132 Å². The van der Waals surface area contributed by atoms with Crippen molar-refractivity contribution in [1.29, 1.82) is 0 Å². The van der Waals surface area contributed by atoms with Gasteiger partial charge in [0.05, 0.1) is 12.8 Å². The van der Waals surface area contributed by atoms with Gasteiger partial charge in [-0.25, -0.2) is 0 Å². The number of hydrogen-bond donors (Lipinski definition) is 1. The molecule has 5 aliphatic carbocycles. The van der Waals surface area contributed by atoms with E-state index >= 15 is 0 Å². The van der Waals surface area contributed by atoms with E-state index in [0.29, 0.717) is 39.4 Å². The number of carbonyl (C=O) groups is 2. The van der Waals surface area contributed by atoms with Crippen LogP contribution in [0.3, 0.4) is 0 Å². The Labute approximate surface area is 238 Å². The third kappa shape index (κ3) is 3.88. The Morgan fingerprint density at radius 3 is 2.08 bits per heavy atom. The predicted octanol–water partition coefficient (Wildman–Crippen LogP) is 8.83. The molecule has 0 bridgehead atoms. The lowest BCUT2D eigenvalue weighted by molar-refractivity contribution is -0.277. The first-order valence-corrected chi connectivity index (χ1v) is 16.0. The lowest BCUT2D eigenvalue weighted by Crippen LogP contribution is -2.69. The Kier molecular flexibility index (Phi) is 6.80. The van der Waals surface area contributed by atoms with Gasteiger partial charge < -0.3 is 9.84 Å². The number of allylic oxidation sites excluding steroid dienone is 1. The van der Waals surface area contributed by atoms with Gasteiger partial charge in [0.2, 0.25) is 0 Å². The highest BCUT2D eigenvalue weighted by molar-refractivity contribution is 5.76. The summed E-state index contributed by atoms with van der Waals surface area (Å²) in [4.78, 5) is 23.5. The number of rotatable bonds is 5. The van der Waals surface area contributed by atoms with Crippen LogP contribution in [-0.2, 0) is 14.3 Å². The average Bonchev–Trinajstić information content (AvgIpc) is 3.20. The minimum atomic E-state index is -0.943. The Morgan fingerprint density at radius 1 is 0.795 bits per heavy atom. The molecule has 220 valence electrons. The van der Waals surface area contributed by atoms with E-state index in [2.05, 4.69) is 62.0 Å². The first-order valence-electron chi connectivity index (χ1n) is 16.0. The van der Waals surface area contributed by atoms with Gasteiger partial charge in [-0.1, -0.05) is 60.6 Å². The van der Waals surface area contributed by atoms with Gasteiger partial charge >= 0.3 is 11.9 Å². The van der Waals surface area contributed by atoms with Crippen LogP contribution in [0.4, 0.5) is 0 Å². The molecule has 5 aliphatic rings. The highest BCUT2D eigenvalue weighted by Crippen LogP contribution is 2.81. The van der Waals surface area contributed by atoms with Crippen molar-refractivity contribution in [2.45, 2.75) is 139 Å². The van der Waals surface area contributed by atoms with E-state index in [1.807, 2.05) is 0 Å². The molecular formula is C35H56O4. The van der Waals surface area contributed by atoms with Gasteiger partial charge in [0.15, 0.2) is 0 Å². The Morgan fingerprint density at radius 2 is 1.44 bits per heavy atom. The Balaban J connectivity index is 1.45. The van der Waals surface area contributed by atoms with Crippen LogP contribution in [0.15, 0.2) is 12.2 Å². The van der Waals surface area contributed by atoms with Gasteiger partial charge in [-0.2, -0.15) is 0 Å². The molecule has 0 aromatic heterocycles. The fraction of sp³-hybridized carbons (Fsp3) is 0.886. The quantitative estimate of drug-likeness (QED) is 0.279. The number of fused-ring (bicyclic) bond motifs is 7. The Bertz CT molecular complexity index is 1050. The van der Waals surface area contributed by atoms with Gasteiger partial charge in [0, 0.05) is 5.41 Å². The van der Waals surface area contributed by atoms with Crippen LogP contribution in [0, 0.1) is 56.2 Å². The molecule has 0 unspecified atom stereocenters. The fourth-order valence-corrected chi connectivity index (χ4v) is 12.8. The van der Waals surface area contributed by atoms with Gasteiger partial charge in [-0.15, -0.1) is 0 Å². The molecule has 0 aromatic carbocycles. The number of carboxylic acid groups (broad SMARTS) is 1. The standard InChI is InChI=1S/C35H56O4/c1-22(2)23-12-16-31(5)20-21-35(9)33(7)18-13-24-30(3,4)26(39-28(38)11-10-27(36)37)15-17-32(24,6)25(33)14-19-34(35,8)29(23)31/h23-26,29H,1,10-21H2,2-9H3,(H,36,37)/t23-,24-,25+,26-,29-,31+,32-,33+,34+,35-/m0/s1. The third-order valence-electron chi connectivity index (χ3n) is 15.0. The average molecular weight is 541 g/mol. The molecule has 0 aliphatic heterocycles.